The first-order valence-corrected chi connectivity index (χ1v) is 12.2. The molecule has 0 spiro atoms. The molecule has 0 heterocycles. The Morgan fingerprint density at radius 2 is 1.86 bits per heavy atom. The summed E-state index contributed by atoms with van der Waals surface area (Å²) in [6.07, 6.45) is 17.4. The Morgan fingerprint density at radius 3 is 2.59 bits per heavy atom. The van der Waals surface area contributed by atoms with Gasteiger partial charge in [-0.1, -0.05) is 64.7 Å². The van der Waals surface area contributed by atoms with Crippen LogP contribution in [0.3, 0.4) is 0 Å². The Hall–Kier alpha value is -0.890. The van der Waals surface area contributed by atoms with E-state index >= 15 is 0 Å². The molecule has 0 aromatic rings. The van der Waals surface area contributed by atoms with E-state index < -0.39 is 0 Å². The first-order valence-electron chi connectivity index (χ1n) is 12.2. The molecule has 164 valence electrons. The lowest BCUT2D eigenvalue weighted by Crippen LogP contribution is -2.36. The van der Waals surface area contributed by atoms with Crippen LogP contribution in [-0.4, -0.2) is 11.2 Å². The zero-order valence-electron chi connectivity index (χ0n) is 19.2. The molecule has 1 N–H and O–H groups in total. The van der Waals surface area contributed by atoms with Gasteiger partial charge in [-0.05, 0) is 91.6 Å². The van der Waals surface area contributed by atoms with Crippen molar-refractivity contribution in [2.75, 3.05) is 0 Å². The van der Waals surface area contributed by atoms with Crippen LogP contribution in [0.2, 0.25) is 0 Å². The van der Waals surface area contributed by atoms with Gasteiger partial charge < -0.3 is 5.11 Å². The number of aliphatic hydroxyl groups excluding tert-OH is 1. The number of aliphatic hydroxyl groups is 1. The summed E-state index contributed by atoms with van der Waals surface area (Å²) in [6, 6.07) is 0. The lowest BCUT2D eigenvalue weighted by molar-refractivity contribution is 0.0928. The van der Waals surface area contributed by atoms with Crippen LogP contribution < -0.4 is 0 Å². The minimum atomic E-state index is -0.317. The summed E-state index contributed by atoms with van der Waals surface area (Å²) < 4.78 is 13.3. The van der Waals surface area contributed by atoms with Crippen molar-refractivity contribution in [3.63, 3.8) is 0 Å². The fourth-order valence-corrected chi connectivity index (χ4v) is 6.74. The van der Waals surface area contributed by atoms with Crippen LogP contribution in [-0.2, 0) is 0 Å². The average molecular weight is 403 g/mol. The van der Waals surface area contributed by atoms with E-state index in [1.165, 1.54) is 51.4 Å². The SMILES string of the molecule is CC(C)CCC[C@@H](C)[C@H]1CCC2C(=C/C=C3/C[C@@H](O)CCC3=CF)CCC[C@@]21C. The summed E-state index contributed by atoms with van der Waals surface area (Å²) in [7, 11) is 0. The number of fused-ring (bicyclic) bond motifs is 1. The van der Waals surface area contributed by atoms with Gasteiger partial charge in [-0.15, -0.1) is 0 Å². The molecule has 0 aliphatic heterocycles. The van der Waals surface area contributed by atoms with Crippen LogP contribution in [0.5, 0.6) is 0 Å². The van der Waals surface area contributed by atoms with E-state index in [1.54, 1.807) is 5.57 Å². The van der Waals surface area contributed by atoms with Crippen molar-refractivity contribution in [1.29, 1.82) is 0 Å². The highest BCUT2D eigenvalue weighted by Crippen LogP contribution is 2.59. The summed E-state index contributed by atoms with van der Waals surface area (Å²) in [5.41, 5.74) is 3.81. The topological polar surface area (TPSA) is 20.2 Å². The second-order valence-corrected chi connectivity index (χ2v) is 10.9. The zero-order chi connectivity index (χ0) is 21.0. The molecule has 0 bridgehead atoms. The number of hydrogen-bond donors (Lipinski definition) is 1. The molecule has 1 nitrogen and oxygen atoms in total. The Balaban J connectivity index is 1.72. The fourth-order valence-electron chi connectivity index (χ4n) is 6.74. The van der Waals surface area contributed by atoms with E-state index in [4.69, 9.17) is 0 Å². The molecule has 0 radical (unpaired) electrons. The summed E-state index contributed by atoms with van der Waals surface area (Å²) in [5.74, 6) is 3.16. The third kappa shape index (κ3) is 5.24. The van der Waals surface area contributed by atoms with Crippen LogP contribution in [0.4, 0.5) is 4.39 Å². The van der Waals surface area contributed by atoms with Gasteiger partial charge in [0.1, 0.15) is 0 Å². The van der Waals surface area contributed by atoms with Crippen LogP contribution in [0.15, 0.2) is 35.2 Å². The molecule has 3 aliphatic carbocycles. The van der Waals surface area contributed by atoms with E-state index in [0.29, 0.717) is 30.6 Å². The Labute approximate surface area is 178 Å². The second-order valence-electron chi connectivity index (χ2n) is 10.9. The molecule has 3 aliphatic rings. The number of rotatable bonds is 6. The van der Waals surface area contributed by atoms with Gasteiger partial charge in [0.15, 0.2) is 0 Å². The molecule has 0 saturated heterocycles. The number of allylic oxidation sites excluding steroid dienone is 4. The van der Waals surface area contributed by atoms with E-state index in [-0.39, 0.29) is 6.10 Å². The molecule has 0 aromatic heterocycles. The minimum Gasteiger partial charge on any atom is -0.393 e. The summed E-state index contributed by atoms with van der Waals surface area (Å²) in [6.45, 7) is 9.73. The molecule has 5 atom stereocenters. The van der Waals surface area contributed by atoms with E-state index in [2.05, 4.69) is 39.8 Å². The van der Waals surface area contributed by atoms with Gasteiger partial charge in [0.05, 0.1) is 12.4 Å². The van der Waals surface area contributed by atoms with E-state index in [9.17, 15) is 9.50 Å². The van der Waals surface area contributed by atoms with Crippen molar-refractivity contribution < 1.29 is 9.50 Å². The second kappa shape index (κ2) is 9.94. The summed E-state index contributed by atoms with van der Waals surface area (Å²) >= 11 is 0. The standard InChI is InChI=1S/C27H43FO/c1-19(2)7-5-8-20(3)25-14-15-26-21(9-6-16-27(25,26)4)10-11-22-17-24(29)13-12-23(22)18-28/h10-11,18-20,24-26,29H,5-9,12-17H2,1-4H3/b21-10?,22-11-,23-18?/t20-,24+,25-,26?,27-/m1/s1. The predicted octanol–water partition coefficient (Wildman–Crippen LogP) is 7.92. The molecule has 1 unspecified atom stereocenters. The molecular weight excluding hydrogens is 359 g/mol. The first kappa shape index (κ1) is 22.8. The van der Waals surface area contributed by atoms with Crippen LogP contribution in [0.25, 0.3) is 0 Å². The minimum absolute atomic E-state index is 0.317. The quantitative estimate of drug-likeness (QED) is 0.478. The molecule has 2 heteroatoms. The smallest absolute Gasteiger partial charge is 0.0901 e. The maximum atomic E-state index is 13.3. The lowest BCUT2D eigenvalue weighted by atomic mass is 9.60. The van der Waals surface area contributed by atoms with Crippen LogP contribution in [0, 0.1) is 29.1 Å². The van der Waals surface area contributed by atoms with Gasteiger partial charge in [-0.25, -0.2) is 4.39 Å². The third-order valence-corrected chi connectivity index (χ3v) is 8.41. The highest BCUT2D eigenvalue weighted by Gasteiger charge is 2.50. The van der Waals surface area contributed by atoms with Crippen molar-refractivity contribution in [2.45, 2.75) is 104 Å². The molecular formula is C27H43FO. The summed E-state index contributed by atoms with van der Waals surface area (Å²) in [5, 5.41) is 10.0. The van der Waals surface area contributed by atoms with Gasteiger partial charge in [0.2, 0.25) is 0 Å². The lowest BCUT2D eigenvalue weighted by Gasteiger charge is -2.44. The zero-order valence-corrected chi connectivity index (χ0v) is 19.2. The molecule has 29 heavy (non-hydrogen) atoms. The molecule has 0 amide bonds. The normalized spacial score (nSPS) is 38.2. The monoisotopic (exact) mass is 402 g/mol. The van der Waals surface area contributed by atoms with Crippen LogP contribution >= 0.6 is 0 Å². The van der Waals surface area contributed by atoms with Crippen molar-refractivity contribution in [1.82, 2.24) is 0 Å². The van der Waals surface area contributed by atoms with E-state index in [0.717, 1.165) is 35.2 Å². The maximum Gasteiger partial charge on any atom is 0.0901 e. The Morgan fingerprint density at radius 1 is 1.07 bits per heavy atom. The van der Waals surface area contributed by atoms with Gasteiger partial charge >= 0.3 is 0 Å². The molecule has 3 saturated carbocycles. The van der Waals surface area contributed by atoms with Gasteiger partial charge in [0, 0.05) is 0 Å². The first-order chi connectivity index (χ1) is 13.8. The van der Waals surface area contributed by atoms with Crippen molar-refractivity contribution in [3.05, 3.63) is 35.2 Å². The van der Waals surface area contributed by atoms with Gasteiger partial charge in [-0.3, -0.25) is 0 Å². The molecule has 3 rings (SSSR count). The van der Waals surface area contributed by atoms with Gasteiger partial charge in [0.25, 0.3) is 0 Å². The fraction of sp³-hybridized carbons (Fsp3) is 0.778. The molecule has 3 fully saturated rings. The Bertz CT molecular complexity index is 643. The van der Waals surface area contributed by atoms with Crippen molar-refractivity contribution in [3.8, 4) is 0 Å². The maximum absolute atomic E-state index is 13.3. The third-order valence-electron chi connectivity index (χ3n) is 8.41. The Kier molecular flexibility index (Phi) is 7.81. The molecule has 0 aromatic carbocycles. The average Bonchev–Trinajstić information content (AvgIpc) is 3.03. The van der Waals surface area contributed by atoms with Crippen molar-refractivity contribution in [2.24, 2.45) is 29.1 Å². The predicted molar refractivity (Wildman–Crippen MR) is 121 cm³/mol. The largest absolute Gasteiger partial charge is 0.393 e. The van der Waals surface area contributed by atoms with Crippen LogP contribution in [0.1, 0.15) is 98.3 Å². The highest BCUT2D eigenvalue weighted by atomic mass is 19.1. The summed E-state index contributed by atoms with van der Waals surface area (Å²) in [4.78, 5) is 0. The van der Waals surface area contributed by atoms with E-state index in [1.807, 2.05) is 0 Å². The highest BCUT2D eigenvalue weighted by molar-refractivity contribution is 5.37. The number of hydrogen-bond acceptors (Lipinski definition) is 1. The number of halogens is 1. The van der Waals surface area contributed by atoms with Crippen molar-refractivity contribution >= 4 is 0 Å². The van der Waals surface area contributed by atoms with Gasteiger partial charge in [-0.2, -0.15) is 0 Å².